The summed E-state index contributed by atoms with van der Waals surface area (Å²) in [5.74, 6) is -0.169. The maximum Gasteiger partial charge on any atom is 0.123 e. The van der Waals surface area contributed by atoms with Crippen molar-refractivity contribution in [1.82, 2.24) is 5.32 Å². The van der Waals surface area contributed by atoms with Gasteiger partial charge in [0, 0.05) is 6.04 Å². The molecule has 0 aliphatic rings. The van der Waals surface area contributed by atoms with Gasteiger partial charge in [0.1, 0.15) is 5.82 Å². The molecule has 0 aliphatic carbocycles. The van der Waals surface area contributed by atoms with Crippen LogP contribution in [0.2, 0.25) is 0 Å². The number of likely N-dealkylation sites (N-methyl/N-ethyl adjacent to an activating group) is 1. The van der Waals surface area contributed by atoms with E-state index in [-0.39, 0.29) is 11.9 Å². The van der Waals surface area contributed by atoms with Crippen molar-refractivity contribution in [1.29, 1.82) is 0 Å². The van der Waals surface area contributed by atoms with E-state index in [1.54, 1.807) is 12.1 Å². The number of benzene rings is 2. The van der Waals surface area contributed by atoms with Crippen LogP contribution in [0.5, 0.6) is 0 Å². The summed E-state index contributed by atoms with van der Waals surface area (Å²) in [4.78, 5) is 0. The van der Waals surface area contributed by atoms with Gasteiger partial charge < -0.3 is 5.32 Å². The van der Waals surface area contributed by atoms with Crippen LogP contribution >= 0.6 is 0 Å². The van der Waals surface area contributed by atoms with Crippen LogP contribution < -0.4 is 5.32 Å². The maximum absolute atomic E-state index is 13.3. The van der Waals surface area contributed by atoms with Crippen molar-refractivity contribution in [2.75, 3.05) is 6.54 Å². The van der Waals surface area contributed by atoms with E-state index in [1.807, 2.05) is 13.0 Å². The molecule has 0 aliphatic heterocycles. The summed E-state index contributed by atoms with van der Waals surface area (Å²) < 4.78 is 13.3. The largest absolute Gasteiger partial charge is 0.310 e. The monoisotopic (exact) mass is 271 g/mol. The normalized spacial score (nSPS) is 12.4. The SMILES string of the molecule is CCNC(Cc1ccccc1C)c1ccc(F)cc1C. The molecule has 1 nitrogen and oxygen atoms in total. The molecule has 1 N–H and O–H groups in total. The van der Waals surface area contributed by atoms with Crippen LogP contribution in [0, 0.1) is 19.7 Å². The molecule has 20 heavy (non-hydrogen) atoms. The lowest BCUT2D eigenvalue weighted by atomic mass is 9.93. The van der Waals surface area contributed by atoms with Crippen LogP contribution in [0.3, 0.4) is 0 Å². The van der Waals surface area contributed by atoms with Gasteiger partial charge in [0.05, 0.1) is 0 Å². The molecule has 0 saturated heterocycles. The highest BCUT2D eigenvalue weighted by Gasteiger charge is 2.14. The predicted molar refractivity (Wildman–Crippen MR) is 82.4 cm³/mol. The van der Waals surface area contributed by atoms with Crippen molar-refractivity contribution in [2.24, 2.45) is 0 Å². The van der Waals surface area contributed by atoms with E-state index in [2.05, 4.69) is 43.4 Å². The van der Waals surface area contributed by atoms with Gasteiger partial charge in [-0.3, -0.25) is 0 Å². The van der Waals surface area contributed by atoms with Gasteiger partial charge in [-0.1, -0.05) is 37.3 Å². The lowest BCUT2D eigenvalue weighted by Gasteiger charge is -2.21. The number of rotatable bonds is 5. The first-order valence-corrected chi connectivity index (χ1v) is 7.15. The van der Waals surface area contributed by atoms with Gasteiger partial charge in [-0.05, 0) is 61.2 Å². The van der Waals surface area contributed by atoms with Crippen molar-refractivity contribution in [3.8, 4) is 0 Å². The van der Waals surface area contributed by atoms with Crippen LogP contribution in [0.15, 0.2) is 42.5 Å². The molecular weight excluding hydrogens is 249 g/mol. The Hall–Kier alpha value is -1.67. The quantitative estimate of drug-likeness (QED) is 0.853. The number of hydrogen-bond acceptors (Lipinski definition) is 1. The van der Waals surface area contributed by atoms with Gasteiger partial charge in [-0.25, -0.2) is 4.39 Å². The second-order valence-corrected chi connectivity index (χ2v) is 5.24. The second-order valence-electron chi connectivity index (χ2n) is 5.24. The first-order valence-electron chi connectivity index (χ1n) is 7.15. The first kappa shape index (κ1) is 14.7. The molecule has 0 amide bonds. The molecule has 2 aromatic rings. The molecule has 2 heteroatoms. The highest BCUT2D eigenvalue weighted by molar-refractivity contribution is 5.33. The van der Waals surface area contributed by atoms with Crippen LogP contribution in [-0.4, -0.2) is 6.54 Å². The zero-order chi connectivity index (χ0) is 14.5. The molecule has 0 fully saturated rings. The van der Waals surface area contributed by atoms with Crippen molar-refractivity contribution in [3.63, 3.8) is 0 Å². The van der Waals surface area contributed by atoms with Gasteiger partial charge in [-0.2, -0.15) is 0 Å². The second kappa shape index (κ2) is 6.67. The molecule has 0 aromatic heterocycles. The van der Waals surface area contributed by atoms with Crippen LogP contribution in [0.1, 0.15) is 35.2 Å². The highest BCUT2D eigenvalue weighted by Crippen LogP contribution is 2.23. The van der Waals surface area contributed by atoms with Gasteiger partial charge in [-0.15, -0.1) is 0 Å². The molecular formula is C18H22FN. The fourth-order valence-electron chi connectivity index (χ4n) is 2.63. The Morgan fingerprint density at radius 1 is 1.05 bits per heavy atom. The summed E-state index contributed by atoms with van der Waals surface area (Å²) in [7, 11) is 0. The van der Waals surface area contributed by atoms with Crippen molar-refractivity contribution >= 4 is 0 Å². The zero-order valence-electron chi connectivity index (χ0n) is 12.4. The van der Waals surface area contributed by atoms with Gasteiger partial charge in [0.15, 0.2) is 0 Å². The Bertz CT molecular complexity index is 577. The van der Waals surface area contributed by atoms with E-state index in [1.165, 1.54) is 16.7 Å². The smallest absolute Gasteiger partial charge is 0.123 e. The fraction of sp³-hybridized carbons (Fsp3) is 0.333. The van der Waals surface area contributed by atoms with E-state index in [4.69, 9.17) is 0 Å². The summed E-state index contributed by atoms with van der Waals surface area (Å²) in [6, 6.07) is 13.7. The fourth-order valence-corrected chi connectivity index (χ4v) is 2.63. The van der Waals surface area contributed by atoms with E-state index in [0.717, 1.165) is 18.5 Å². The van der Waals surface area contributed by atoms with E-state index < -0.39 is 0 Å². The van der Waals surface area contributed by atoms with E-state index in [9.17, 15) is 4.39 Å². The predicted octanol–water partition coefficient (Wildman–Crippen LogP) is 4.34. The van der Waals surface area contributed by atoms with Gasteiger partial charge in [0.25, 0.3) is 0 Å². The third kappa shape index (κ3) is 3.45. The minimum absolute atomic E-state index is 0.169. The standard InChI is InChI=1S/C18H22FN/c1-4-20-18(12-15-8-6-5-7-13(15)2)17-10-9-16(19)11-14(17)3/h5-11,18,20H,4,12H2,1-3H3. The Balaban J connectivity index is 2.29. The summed E-state index contributed by atoms with van der Waals surface area (Å²) in [5.41, 5.74) is 4.82. The highest BCUT2D eigenvalue weighted by atomic mass is 19.1. The summed E-state index contributed by atoms with van der Waals surface area (Å²) in [6.45, 7) is 7.10. The van der Waals surface area contributed by atoms with E-state index >= 15 is 0 Å². The van der Waals surface area contributed by atoms with Crippen molar-refractivity contribution in [3.05, 3.63) is 70.5 Å². The Morgan fingerprint density at radius 3 is 2.45 bits per heavy atom. The lowest BCUT2D eigenvalue weighted by Crippen LogP contribution is -2.24. The molecule has 2 aromatic carbocycles. The number of halogens is 1. The third-order valence-corrected chi connectivity index (χ3v) is 3.74. The number of hydrogen-bond donors (Lipinski definition) is 1. The molecule has 106 valence electrons. The number of nitrogens with one attached hydrogen (secondary N) is 1. The Labute approximate surface area is 120 Å². The molecule has 1 unspecified atom stereocenters. The molecule has 1 atom stereocenters. The number of aryl methyl sites for hydroxylation is 2. The van der Waals surface area contributed by atoms with E-state index in [0.29, 0.717) is 0 Å². The molecule has 2 rings (SSSR count). The summed E-state index contributed by atoms with van der Waals surface area (Å²) in [6.07, 6.45) is 0.924. The van der Waals surface area contributed by atoms with Crippen LogP contribution in [-0.2, 0) is 6.42 Å². The Kier molecular flexibility index (Phi) is 4.91. The molecule has 0 bridgehead atoms. The average molecular weight is 271 g/mol. The topological polar surface area (TPSA) is 12.0 Å². The van der Waals surface area contributed by atoms with Gasteiger partial charge >= 0.3 is 0 Å². The molecule has 0 spiro atoms. The minimum Gasteiger partial charge on any atom is -0.310 e. The summed E-state index contributed by atoms with van der Waals surface area (Å²) in [5, 5.41) is 3.51. The van der Waals surface area contributed by atoms with Crippen molar-refractivity contribution in [2.45, 2.75) is 33.2 Å². The molecule has 0 saturated carbocycles. The zero-order valence-corrected chi connectivity index (χ0v) is 12.4. The van der Waals surface area contributed by atoms with Crippen molar-refractivity contribution < 1.29 is 4.39 Å². The lowest BCUT2D eigenvalue weighted by molar-refractivity contribution is 0.543. The van der Waals surface area contributed by atoms with Crippen LogP contribution in [0.4, 0.5) is 4.39 Å². The van der Waals surface area contributed by atoms with Gasteiger partial charge in [0.2, 0.25) is 0 Å². The van der Waals surface area contributed by atoms with Crippen LogP contribution in [0.25, 0.3) is 0 Å². The third-order valence-electron chi connectivity index (χ3n) is 3.74. The maximum atomic E-state index is 13.3. The summed E-state index contributed by atoms with van der Waals surface area (Å²) >= 11 is 0. The minimum atomic E-state index is -0.169. The Morgan fingerprint density at radius 2 is 1.80 bits per heavy atom. The first-order chi connectivity index (χ1) is 9.61. The molecule has 0 radical (unpaired) electrons. The average Bonchev–Trinajstić information content (AvgIpc) is 2.41. The molecule has 0 heterocycles.